The van der Waals surface area contributed by atoms with Gasteiger partial charge in [0, 0.05) is 17.5 Å². The maximum absolute atomic E-state index is 12.2. The van der Waals surface area contributed by atoms with Gasteiger partial charge in [-0.05, 0) is 60.8 Å². The zero-order valence-corrected chi connectivity index (χ0v) is 18.5. The monoisotopic (exact) mass is 436 g/mol. The third-order valence-electron chi connectivity index (χ3n) is 7.89. The SMILES string of the molecule is CC12CC3CC(C)(C1)CC(c1c([N+](=O)[O-])ccc([N+](=O)[O-])c1OCc1ccccc1)(C3)C2. The second-order valence-electron chi connectivity index (χ2n) is 11.0. The molecule has 4 aliphatic carbocycles. The van der Waals surface area contributed by atoms with Crippen LogP contribution in [-0.4, -0.2) is 9.85 Å². The molecular weight excluding hydrogens is 408 g/mol. The molecule has 0 radical (unpaired) electrons. The summed E-state index contributed by atoms with van der Waals surface area (Å²) in [6.07, 6.45) is 5.84. The van der Waals surface area contributed by atoms with Gasteiger partial charge in [0.2, 0.25) is 5.75 Å². The summed E-state index contributed by atoms with van der Waals surface area (Å²) < 4.78 is 6.12. The molecule has 0 saturated heterocycles. The molecular formula is C25H28N2O5. The first-order valence-corrected chi connectivity index (χ1v) is 11.3. The third-order valence-corrected chi connectivity index (χ3v) is 7.89. The number of hydrogen-bond acceptors (Lipinski definition) is 5. The van der Waals surface area contributed by atoms with Crippen molar-refractivity contribution in [3.63, 3.8) is 0 Å². The quantitative estimate of drug-likeness (QED) is 0.389. The van der Waals surface area contributed by atoms with Crippen molar-refractivity contribution >= 4 is 11.4 Å². The highest BCUT2D eigenvalue weighted by atomic mass is 16.6. The number of hydrogen-bond donors (Lipinski definition) is 0. The van der Waals surface area contributed by atoms with Crippen molar-refractivity contribution in [3.05, 3.63) is 73.8 Å². The average Bonchev–Trinajstić information content (AvgIpc) is 2.69. The second-order valence-corrected chi connectivity index (χ2v) is 11.0. The maximum Gasteiger partial charge on any atom is 0.311 e. The van der Waals surface area contributed by atoms with E-state index >= 15 is 0 Å². The molecule has 168 valence electrons. The summed E-state index contributed by atoms with van der Waals surface area (Å²) >= 11 is 0. The zero-order valence-electron chi connectivity index (χ0n) is 18.5. The Balaban J connectivity index is 1.69. The van der Waals surface area contributed by atoms with Gasteiger partial charge in [-0.1, -0.05) is 44.2 Å². The Morgan fingerprint density at radius 3 is 2.03 bits per heavy atom. The molecule has 32 heavy (non-hydrogen) atoms. The molecule has 0 spiro atoms. The molecule has 4 bridgehead atoms. The number of nitrogens with zero attached hydrogens (tertiary/aromatic N) is 2. The lowest BCUT2D eigenvalue weighted by molar-refractivity contribution is -0.391. The van der Waals surface area contributed by atoms with Crippen LogP contribution in [0.15, 0.2) is 42.5 Å². The van der Waals surface area contributed by atoms with Crippen LogP contribution in [0.25, 0.3) is 0 Å². The standard InChI is InChI=1S/C25H28N2O5/c1-23-10-18-11-24(2,14-23)16-25(12-18,15-23)21-19(26(28)29)8-9-20(27(30)31)22(21)32-13-17-6-4-3-5-7-17/h3-9,18H,10-16H2,1-2H3. The molecule has 0 aromatic heterocycles. The Bertz CT molecular complexity index is 1080. The summed E-state index contributed by atoms with van der Waals surface area (Å²) in [6.45, 7) is 4.71. The van der Waals surface area contributed by atoms with Crippen LogP contribution in [0.3, 0.4) is 0 Å². The summed E-state index contributed by atoms with van der Waals surface area (Å²) in [5.41, 5.74) is 0.814. The van der Waals surface area contributed by atoms with Crippen LogP contribution in [-0.2, 0) is 12.0 Å². The molecule has 2 aromatic rings. The Kier molecular flexibility index (Phi) is 4.59. The first-order chi connectivity index (χ1) is 15.1. The number of benzene rings is 2. The van der Waals surface area contributed by atoms with E-state index in [-0.39, 0.29) is 34.6 Å². The van der Waals surface area contributed by atoms with Crippen LogP contribution in [0.1, 0.15) is 63.5 Å². The molecule has 4 fully saturated rings. The largest absolute Gasteiger partial charge is 0.482 e. The minimum atomic E-state index is -0.475. The first kappa shape index (κ1) is 20.9. The van der Waals surface area contributed by atoms with Gasteiger partial charge < -0.3 is 4.74 Å². The van der Waals surface area contributed by atoms with Crippen LogP contribution in [0, 0.1) is 37.0 Å². The lowest BCUT2D eigenvalue weighted by Gasteiger charge is -2.65. The highest BCUT2D eigenvalue weighted by Gasteiger charge is 2.62. The highest BCUT2D eigenvalue weighted by Crippen LogP contribution is 2.71. The molecule has 0 heterocycles. The van der Waals surface area contributed by atoms with Crippen molar-refractivity contribution in [1.29, 1.82) is 0 Å². The minimum Gasteiger partial charge on any atom is -0.482 e. The molecule has 0 N–H and O–H groups in total. The van der Waals surface area contributed by atoms with Crippen molar-refractivity contribution < 1.29 is 14.6 Å². The second kappa shape index (κ2) is 7.02. The van der Waals surface area contributed by atoms with Gasteiger partial charge in [0.25, 0.3) is 5.69 Å². The van der Waals surface area contributed by atoms with E-state index in [2.05, 4.69) is 13.8 Å². The molecule has 4 aliphatic rings. The Hall–Kier alpha value is -2.96. The molecule has 2 aromatic carbocycles. The summed E-state index contributed by atoms with van der Waals surface area (Å²) in [4.78, 5) is 23.3. The molecule has 2 atom stereocenters. The van der Waals surface area contributed by atoms with Gasteiger partial charge in [0.15, 0.2) is 0 Å². The Labute approximate surface area is 187 Å². The topological polar surface area (TPSA) is 95.5 Å². The molecule has 7 heteroatoms. The predicted octanol–water partition coefficient (Wildman–Crippen LogP) is 6.33. The fourth-order valence-electron chi connectivity index (χ4n) is 7.97. The van der Waals surface area contributed by atoms with E-state index in [1.807, 2.05) is 30.3 Å². The predicted molar refractivity (Wildman–Crippen MR) is 120 cm³/mol. The zero-order chi connectivity index (χ0) is 22.7. The van der Waals surface area contributed by atoms with Gasteiger partial charge in [0.1, 0.15) is 6.61 Å². The summed E-state index contributed by atoms with van der Waals surface area (Å²) in [6, 6.07) is 12.0. The van der Waals surface area contributed by atoms with E-state index in [0.29, 0.717) is 11.5 Å². The lowest BCUT2D eigenvalue weighted by Crippen LogP contribution is -2.57. The van der Waals surface area contributed by atoms with Crippen LogP contribution in [0.4, 0.5) is 11.4 Å². The van der Waals surface area contributed by atoms with Gasteiger partial charge in [-0.15, -0.1) is 0 Å². The Morgan fingerprint density at radius 1 is 0.875 bits per heavy atom. The van der Waals surface area contributed by atoms with E-state index in [1.165, 1.54) is 12.1 Å². The fraction of sp³-hybridized carbons (Fsp3) is 0.520. The number of nitro groups is 2. The van der Waals surface area contributed by atoms with Crippen molar-refractivity contribution in [3.8, 4) is 5.75 Å². The van der Waals surface area contributed by atoms with Gasteiger partial charge in [-0.25, -0.2) is 0 Å². The van der Waals surface area contributed by atoms with Crippen molar-refractivity contribution in [1.82, 2.24) is 0 Å². The Morgan fingerprint density at radius 2 is 1.47 bits per heavy atom. The summed E-state index contributed by atoms with van der Waals surface area (Å²) in [7, 11) is 0. The van der Waals surface area contributed by atoms with E-state index in [0.717, 1.165) is 44.1 Å². The lowest BCUT2D eigenvalue weighted by atomic mass is 9.39. The van der Waals surface area contributed by atoms with Crippen LogP contribution in [0.2, 0.25) is 0 Å². The van der Waals surface area contributed by atoms with Crippen LogP contribution in [0.5, 0.6) is 5.75 Å². The fourth-order valence-corrected chi connectivity index (χ4v) is 7.97. The third kappa shape index (κ3) is 3.34. The minimum absolute atomic E-state index is 0.0483. The number of rotatable bonds is 6. The van der Waals surface area contributed by atoms with E-state index in [4.69, 9.17) is 4.74 Å². The molecule has 2 unspecified atom stereocenters. The van der Waals surface area contributed by atoms with Gasteiger partial charge in [-0.3, -0.25) is 20.2 Å². The normalized spacial score (nSPS) is 32.6. The van der Waals surface area contributed by atoms with Crippen molar-refractivity contribution in [2.75, 3.05) is 0 Å². The first-order valence-electron chi connectivity index (χ1n) is 11.3. The molecule has 0 amide bonds. The average molecular weight is 437 g/mol. The van der Waals surface area contributed by atoms with Crippen molar-refractivity contribution in [2.45, 2.75) is 64.4 Å². The van der Waals surface area contributed by atoms with E-state index in [1.54, 1.807) is 0 Å². The maximum atomic E-state index is 12.2. The number of ether oxygens (including phenoxy) is 1. The van der Waals surface area contributed by atoms with Gasteiger partial charge in [0.05, 0.1) is 15.4 Å². The molecule has 0 aliphatic heterocycles. The molecule has 4 saturated carbocycles. The summed E-state index contributed by atoms with van der Waals surface area (Å²) in [5, 5.41) is 24.1. The molecule has 6 rings (SSSR count). The smallest absolute Gasteiger partial charge is 0.311 e. The summed E-state index contributed by atoms with van der Waals surface area (Å²) in [5.74, 6) is 0.573. The number of nitro benzene ring substituents is 2. The highest BCUT2D eigenvalue weighted by molar-refractivity contribution is 5.64. The van der Waals surface area contributed by atoms with Gasteiger partial charge >= 0.3 is 5.69 Å². The van der Waals surface area contributed by atoms with Crippen LogP contribution < -0.4 is 4.74 Å². The van der Waals surface area contributed by atoms with Crippen LogP contribution >= 0.6 is 0 Å². The van der Waals surface area contributed by atoms with Gasteiger partial charge in [-0.2, -0.15) is 0 Å². The molecule has 7 nitrogen and oxygen atoms in total. The van der Waals surface area contributed by atoms with E-state index in [9.17, 15) is 20.2 Å². The van der Waals surface area contributed by atoms with E-state index < -0.39 is 15.3 Å². The van der Waals surface area contributed by atoms with Crippen molar-refractivity contribution in [2.24, 2.45) is 16.7 Å².